The Labute approximate surface area is 215 Å². The molecule has 0 aromatic heterocycles. The van der Waals surface area contributed by atoms with Crippen molar-refractivity contribution in [2.75, 3.05) is 6.61 Å². The molecule has 2 aromatic rings. The summed E-state index contributed by atoms with van der Waals surface area (Å²) in [5.41, 5.74) is 0.261. The molecule has 0 N–H and O–H groups in total. The minimum Gasteiger partial charge on any atom is -0.494 e. The van der Waals surface area contributed by atoms with E-state index in [1.54, 1.807) is 30.3 Å². The van der Waals surface area contributed by atoms with Gasteiger partial charge in [0.25, 0.3) is 0 Å². The largest absolute Gasteiger partial charge is 0.494 e. The number of nitrogens with zero attached hydrogens (tertiary/aromatic N) is 1. The second kappa shape index (κ2) is 15.3. The number of rotatable bonds is 14. The van der Waals surface area contributed by atoms with Gasteiger partial charge >= 0.3 is 5.97 Å². The molecule has 0 spiro atoms. The maximum absolute atomic E-state index is 13.7. The van der Waals surface area contributed by atoms with Crippen LogP contribution in [0.15, 0.2) is 42.5 Å². The van der Waals surface area contributed by atoms with E-state index in [9.17, 15) is 9.18 Å². The van der Waals surface area contributed by atoms with Gasteiger partial charge in [0, 0.05) is 6.07 Å². The molecule has 1 fully saturated rings. The average molecular weight is 494 g/mol. The smallest absolute Gasteiger partial charge is 0.343 e. The molecule has 1 aliphatic rings. The summed E-state index contributed by atoms with van der Waals surface area (Å²) in [4.78, 5) is 12.3. The number of unbranched alkanes of at least 4 members (excludes halogenated alkanes) is 5. The van der Waals surface area contributed by atoms with Gasteiger partial charge in [0.1, 0.15) is 23.4 Å². The van der Waals surface area contributed by atoms with E-state index in [2.05, 4.69) is 6.92 Å². The van der Waals surface area contributed by atoms with Crippen LogP contribution in [0.4, 0.5) is 4.39 Å². The van der Waals surface area contributed by atoms with Crippen LogP contribution in [0.2, 0.25) is 0 Å². The fraction of sp³-hybridized carbons (Fsp3) is 0.548. The van der Waals surface area contributed by atoms with Gasteiger partial charge in [0.05, 0.1) is 17.7 Å². The van der Waals surface area contributed by atoms with Crippen molar-refractivity contribution in [3.63, 3.8) is 0 Å². The summed E-state index contributed by atoms with van der Waals surface area (Å²) in [6.45, 7) is 2.95. The predicted octanol–water partition coefficient (Wildman–Crippen LogP) is 8.63. The summed E-state index contributed by atoms with van der Waals surface area (Å²) in [6.07, 6.45) is 17.6. The van der Waals surface area contributed by atoms with E-state index in [1.165, 1.54) is 89.2 Å². The molecule has 0 unspecified atom stereocenters. The standard InChI is InChI=1S/C31H40FNO3/c1-2-3-4-5-6-7-9-24-11-13-25(14-12-24)10-8-21-35-28-18-15-26(16-19-28)31(34)36-29-20-17-27(23-33)30(32)22-29/h15-20,22,24-25H,2-14,21H2,1H3/t24-,25-. The third kappa shape index (κ3) is 9.30. The topological polar surface area (TPSA) is 59.3 Å². The minimum absolute atomic E-state index is 0.0632. The lowest BCUT2D eigenvalue weighted by Gasteiger charge is -2.28. The number of carbonyl (C=O) groups is 1. The van der Waals surface area contributed by atoms with Crippen molar-refractivity contribution >= 4 is 5.97 Å². The van der Waals surface area contributed by atoms with Gasteiger partial charge in [-0.1, -0.05) is 77.6 Å². The second-order valence-electron chi connectivity index (χ2n) is 10.1. The van der Waals surface area contributed by atoms with Gasteiger partial charge in [0.15, 0.2) is 0 Å². The SMILES string of the molecule is CCCCCCCC[C@H]1CC[C@H](CCCOc2ccc(C(=O)Oc3ccc(C#N)c(F)c3)cc2)CC1. The fourth-order valence-corrected chi connectivity index (χ4v) is 5.09. The lowest BCUT2D eigenvalue weighted by atomic mass is 9.78. The molecule has 36 heavy (non-hydrogen) atoms. The van der Waals surface area contributed by atoms with E-state index < -0.39 is 11.8 Å². The summed E-state index contributed by atoms with van der Waals surface area (Å²) in [7, 11) is 0. The number of benzene rings is 2. The third-order valence-electron chi connectivity index (χ3n) is 7.32. The maximum atomic E-state index is 13.7. The summed E-state index contributed by atoms with van der Waals surface area (Å²) < 4.78 is 24.8. The van der Waals surface area contributed by atoms with Crippen molar-refractivity contribution in [3.05, 3.63) is 59.4 Å². The average Bonchev–Trinajstić information content (AvgIpc) is 2.90. The van der Waals surface area contributed by atoms with Crippen LogP contribution in [-0.4, -0.2) is 12.6 Å². The Bertz CT molecular complexity index is 974. The molecule has 0 bridgehead atoms. The van der Waals surface area contributed by atoms with Gasteiger partial charge < -0.3 is 9.47 Å². The highest BCUT2D eigenvalue weighted by Crippen LogP contribution is 2.34. The molecule has 2 aromatic carbocycles. The normalized spacial score (nSPS) is 17.4. The van der Waals surface area contributed by atoms with Gasteiger partial charge in [-0.05, 0) is 61.1 Å². The molecule has 4 nitrogen and oxygen atoms in total. The van der Waals surface area contributed by atoms with Crippen molar-refractivity contribution in [1.82, 2.24) is 0 Å². The Morgan fingerprint density at radius 2 is 1.50 bits per heavy atom. The number of hydrogen-bond acceptors (Lipinski definition) is 4. The molecule has 0 radical (unpaired) electrons. The van der Waals surface area contributed by atoms with Crippen molar-refractivity contribution in [2.45, 2.75) is 90.4 Å². The highest BCUT2D eigenvalue weighted by atomic mass is 19.1. The number of carbonyl (C=O) groups excluding carboxylic acids is 1. The number of esters is 1. The van der Waals surface area contributed by atoms with Crippen LogP contribution < -0.4 is 9.47 Å². The molecule has 1 saturated carbocycles. The minimum atomic E-state index is -0.715. The summed E-state index contributed by atoms with van der Waals surface area (Å²) in [5, 5.41) is 8.79. The third-order valence-corrected chi connectivity index (χ3v) is 7.32. The number of hydrogen-bond donors (Lipinski definition) is 0. The van der Waals surface area contributed by atoms with Gasteiger partial charge in [-0.2, -0.15) is 5.26 Å². The summed E-state index contributed by atoms with van der Waals surface area (Å²) >= 11 is 0. The highest BCUT2D eigenvalue weighted by molar-refractivity contribution is 5.91. The first-order valence-corrected chi connectivity index (χ1v) is 13.7. The molecule has 0 amide bonds. The Balaban J connectivity index is 1.28. The Kier molecular flexibility index (Phi) is 11.8. The van der Waals surface area contributed by atoms with Crippen LogP contribution in [0.25, 0.3) is 0 Å². The monoisotopic (exact) mass is 493 g/mol. The zero-order valence-electron chi connectivity index (χ0n) is 21.6. The van der Waals surface area contributed by atoms with Gasteiger partial charge in [0.2, 0.25) is 0 Å². The van der Waals surface area contributed by atoms with E-state index >= 15 is 0 Å². The van der Waals surface area contributed by atoms with Crippen LogP contribution in [0.3, 0.4) is 0 Å². The van der Waals surface area contributed by atoms with Crippen LogP contribution in [0.5, 0.6) is 11.5 Å². The maximum Gasteiger partial charge on any atom is 0.343 e. The van der Waals surface area contributed by atoms with Crippen LogP contribution in [0.1, 0.15) is 106 Å². The number of nitriles is 1. The van der Waals surface area contributed by atoms with Crippen LogP contribution >= 0.6 is 0 Å². The number of halogens is 1. The Hall–Kier alpha value is -2.87. The molecular formula is C31H40FNO3. The van der Waals surface area contributed by atoms with E-state index in [4.69, 9.17) is 14.7 Å². The molecule has 0 heterocycles. The fourth-order valence-electron chi connectivity index (χ4n) is 5.09. The van der Waals surface area contributed by atoms with Gasteiger partial charge in [-0.25, -0.2) is 9.18 Å². The van der Waals surface area contributed by atoms with Gasteiger partial charge in [-0.3, -0.25) is 0 Å². The summed E-state index contributed by atoms with van der Waals surface area (Å²) in [5.74, 6) is 1.26. The lowest BCUT2D eigenvalue weighted by molar-refractivity contribution is 0.0734. The van der Waals surface area contributed by atoms with Crippen LogP contribution in [0, 0.1) is 29.0 Å². The molecule has 0 saturated heterocycles. The zero-order valence-corrected chi connectivity index (χ0v) is 21.6. The summed E-state index contributed by atoms with van der Waals surface area (Å²) in [6, 6.07) is 12.3. The molecule has 0 atom stereocenters. The van der Waals surface area contributed by atoms with E-state index in [0.717, 1.165) is 30.1 Å². The second-order valence-corrected chi connectivity index (χ2v) is 10.1. The van der Waals surface area contributed by atoms with Crippen molar-refractivity contribution in [1.29, 1.82) is 5.26 Å². The first-order chi connectivity index (χ1) is 17.6. The van der Waals surface area contributed by atoms with Crippen molar-refractivity contribution in [3.8, 4) is 17.6 Å². The van der Waals surface area contributed by atoms with Gasteiger partial charge in [-0.15, -0.1) is 0 Å². The quantitative estimate of drug-likeness (QED) is 0.150. The van der Waals surface area contributed by atoms with Crippen molar-refractivity contribution < 1.29 is 18.7 Å². The van der Waals surface area contributed by atoms with Crippen LogP contribution in [-0.2, 0) is 0 Å². The molecule has 1 aliphatic carbocycles. The first-order valence-electron chi connectivity index (χ1n) is 13.7. The van der Waals surface area contributed by atoms with E-state index in [0.29, 0.717) is 12.2 Å². The predicted molar refractivity (Wildman–Crippen MR) is 141 cm³/mol. The highest BCUT2D eigenvalue weighted by Gasteiger charge is 2.20. The molecular weight excluding hydrogens is 453 g/mol. The van der Waals surface area contributed by atoms with E-state index in [-0.39, 0.29) is 11.3 Å². The molecule has 3 rings (SSSR count). The first kappa shape index (κ1) is 27.7. The van der Waals surface area contributed by atoms with Crippen molar-refractivity contribution in [2.24, 2.45) is 11.8 Å². The Morgan fingerprint density at radius 1 is 0.889 bits per heavy atom. The number of ether oxygens (including phenoxy) is 2. The molecule has 194 valence electrons. The Morgan fingerprint density at radius 3 is 2.14 bits per heavy atom. The zero-order chi connectivity index (χ0) is 25.6. The van der Waals surface area contributed by atoms with E-state index in [1.807, 2.05) is 0 Å². The molecule has 5 heteroatoms. The molecule has 0 aliphatic heterocycles. The lowest BCUT2D eigenvalue weighted by Crippen LogP contribution is -2.15.